The Morgan fingerprint density at radius 3 is 2.81 bits per heavy atom. The molecule has 1 aromatic carbocycles. The van der Waals surface area contributed by atoms with E-state index >= 15 is 0 Å². The van der Waals surface area contributed by atoms with Crippen molar-refractivity contribution in [3.05, 3.63) is 47.3 Å². The number of aromatic amines is 1. The van der Waals surface area contributed by atoms with E-state index < -0.39 is 6.04 Å². The predicted molar refractivity (Wildman–Crippen MR) is 56.7 cm³/mol. The lowest BCUT2D eigenvalue weighted by Gasteiger charge is -2.14. The largest absolute Gasteiger partial charge is 0.270 e. The van der Waals surface area contributed by atoms with Crippen molar-refractivity contribution in [2.45, 2.75) is 13.0 Å². The molecule has 6 heteroatoms. The van der Waals surface area contributed by atoms with E-state index in [9.17, 15) is 4.39 Å². The van der Waals surface area contributed by atoms with Crippen LogP contribution in [0.25, 0.3) is 0 Å². The van der Waals surface area contributed by atoms with Crippen molar-refractivity contribution in [3.63, 3.8) is 0 Å². The molecule has 0 saturated heterocycles. The van der Waals surface area contributed by atoms with Crippen LogP contribution in [-0.4, -0.2) is 15.2 Å². The van der Waals surface area contributed by atoms with E-state index in [4.69, 9.17) is 5.84 Å². The van der Waals surface area contributed by atoms with Gasteiger partial charge >= 0.3 is 0 Å². The van der Waals surface area contributed by atoms with Gasteiger partial charge in [0.05, 0.1) is 0 Å². The van der Waals surface area contributed by atoms with E-state index in [2.05, 4.69) is 20.6 Å². The lowest BCUT2D eigenvalue weighted by Crippen LogP contribution is -2.29. The second-order valence-electron chi connectivity index (χ2n) is 3.53. The van der Waals surface area contributed by atoms with Crippen LogP contribution in [0.1, 0.15) is 23.0 Å². The zero-order valence-electron chi connectivity index (χ0n) is 8.74. The van der Waals surface area contributed by atoms with E-state index in [0.29, 0.717) is 11.4 Å². The third kappa shape index (κ3) is 2.07. The zero-order chi connectivity index (χ0) is 11.5. The van der Waals surface area contributed by atoms with Gasteiger partial charge in [0.2, 0.25) is 0 Å². The number of rotatable bonds is 3. The highest BCUT2D eigenvalue weighted by atomic mass is 19.1. The molecule has 0 spiro atoms. The monoisotopic (exact) mass is 221 g/mol. The first-order chi connectivity index (χ1) is 7.70. The molecule has 1 unspecified atom stereocenters. The Morgan fingerprint density at radius 1 is 1.44 bits per heavy atom. The molecule has 0 aliphatic carbocycles. The summed E-state index contributed by atoms with van der Waals surface area (Å²) in [6, 6.07) is 4.32. The third-order valence-corrected chi connectivity index (χ3v) is 2.27. The van der Waals surface area contributed by atoms with E-state index in [-0.39, 0.29) is 5.82 Å². The molecule has 16 heavy (non-hydrogen) atoms. The van der Waals surface area contributed by atoms with Gasteiger partial charge in [0.1, 0.15) is 24.0 Å². The quantitative estimate of drug-likeness (QED) is 0.529. The van der Waals surface area contributed by atoms with Gasteiger partial charge < -0.3 is 0 Å². The molecular weight excluding hydrogens is 209 g/mol. The summed E-state index contributed by atoms with van der Waals surface area (Å²) in [6.07, 6.45) is 1.38. The fraction of sp³-hybridized carbons (Fsp3) is 0.200. The summed E-state index contributed by atoms with van der Waals surface area (Å²) in [5, 5.41) is 6.44. The zero-order valence-corrected chi connectivity index (χ0v) is 8.74. The second-order valence-corrected chi connectivity index (χ2v) is 3.53. The summed E-state index contributed by atoms with van der Waals surface area (Å²) < 4.78 is 13.3. The number of aryl methyl sites for hydroxylation is 1. The van der Waals surface area contributed by atoms with Crippen molar-refractivity contribution < 1.29 is 4.39 Å². The van der Waals surface area contributed by atoms with E-state index in [1.807, 2.05) is 13.0 Å². The highest BCUT2D eigenvalue weighted by molar-refractivity contribution is 5.29. The molecule has 0 radical (unpaired) electrons. The molecule has 1 atom stereocenters. The van der Waals surface area contributed by atoms with Crippen LogP contribution in [0.5, 0.6) is 0 Å². The van der Waals surface area contributed by atoms with Crippen molar-refractivity contribution in [2.24, 2.45) is 5.84 Å². The summed E-state index contributed by atoms with van der Waals surface area (Å²) in [5.74, 6) is 5.69. The van der Waals surface area contributed by atoms with Crippen LogP contribution < -0.4 is 11.3 Å². The van der Waals surface area contributed by atoms with Gasteiger partial charge in [-0.1, -0.05) is 6.07 Å². The standard InChI is InChI=1S/C10H12FN5/c1-6-2-7(4-8(11)3-6)9(15-12)10-13-5-14-16-10/h2-5,9,15H,12H2,1H3,(H,13,14,16). The van der Waals surface area contributed by atoms with Crippen LogP contribution in [0.4, 0.5) is 4.39 Å². The number of hydrogen-bond donors (Lipinski definition) is 3. The summed E-state index contributed by atoms with van der Waals surface area (Å²) in [6.45, 7) is 1.82. The number of aromatic nitrogens is 3. The topological polar surface area (TPSA) is 79.6 Å². The number of nitrogens with one attached hydrogen (secondary N) is 2. The minimum absolute atomic E-state index is 0.297. The number of halogens is 1. The van der Waals surface area contributed by atoms with E-state index in [1.165, 1.54) is 18.5 Å². The van der Waals surface area contributed by atoms with Gasteiger partial charge in [0.25, 0.3) is 0 Å². The van der Waals surface area contributed by atoms with Gasteiger partial charge in [-0.05, 0) is 30.2 Å². The van der Waals surface area contributed by atoms with Crippen molar-refractivity contribution in [1.82, 2.24) is 20.6 Å². The highest BCUT2D eigenvalue weighted by Gasteiger charge is 2.16. The molecule has 4 N–H and O–H groups in total. The average Bonchev–Trinajstić information content (AvgIpc) is 2.70. The summed E-state index contributed by atoms with van der Waals surface area (Å²) >= 11 is 0. The second kappa shape index (κ2) is 4.38. The highest BCUT2D eigenvalue weighted by Crippen LogP contribution is 2.19. The van der Waals surface area contributed by atoms with Crippen LogP contribution in [0.15, 0.2) is 24.5 Å². The summed E-state index contributed by atoms with van der Waals surface area (Å²) in [5.41, 5.74) is 4.11. The molecule has 0 bridgehead atoms. The molecule has 2 rings (SSSR count). The molecule has 1 aromatic heterocycles. The fourth-order valence-corrected chi connectivity index (χ4v) is 1.62. The lowest BCUT2D eigenvalue weighted by molar-refractivity contribution is 0.587. The van der Waals surface area contributed by atoms with Gasteiger partial charge in [-0.15, -0.1) is 0 Å². The number of nitrogens with zero attached hydrogens (tertiary/aromatic N) is 2. The number of nitrogens with two attached hydrogens (primary N) is 1. The molecule has 84 valence electrons. The maximum absolute atomic E-state index is 13.3. The summed E-state index contributed by atoms with van der Waals surface area (Å²) in [4.78, 5) is 3.99. The Labute approximate surface area is 91.9 Å². The van der Waals surface area contributed by atoms with Crippen molar-refractivity contribution in [2.75, 3.05) is 0 Å². The fourth-order valence-electron chi connectivity index (χ4n) is 1.62. The molecule has 0 amide bonds. The van der Waals surface area contributed by atoms with Gasteiger partial charge in [0.15, 0.2) is 0 Å². The average molecular weight is 221 g/mol. The molecule has 0 aliphatic heterocycles. The lowest BCUT2D eigenvalue weighted by atomic mass is 10.0. The van der Waals surface area contributed by atoms with E-state index in [1.54, 1.807) is 0 Å². The maximum Gasteiger partial charge on any atom is 0.147 e. The SMILES string of the molecule is Cc1cc(F)cc(C(NN)c2ncn[nH]2)c1. The van der Waals surface area contributed by atoms with Crippen LogP contribution in [-0.2, 0) is 0 Å². The first-order valence-corrected chi connectivity index (χ1v) is 4.79. The van der Waals surface area contributed by atoms with Gasteiger partial charge in [-0.3, -0.25) is 10.9 Å². The van der Waals surface area contributed by atoms with Crippen molar-refractivity contribution in [1.29, 1.82) is 0 Å². The number of H-pyrrole nitrogens is 1. The number of hydrazine groups is 1. The molecule has 1 heterocycles. The van der Waals surface area contributed by atoms with Gasteiger partial charge in [-0.25, -0.2) is 14.8 Å². The van der Waals surface area contributed by atoms with Crippen LogP contribution in [0.2, 0.25) is 0 Å². The first kappa shape index (κ1) is 10.7. The molecule has 5 nitrogen and oxygen atoms in total. The Bertz CT molecular complexity index is 448. The Balaban J connectivity index is 2.41. The Morgan fingerprint density at radius 2 is 2.25 bits per heavy atom. The number of benzene rings is 1. The smallest absolute Gasteiger partial charge is 0.147 e. The van der Waals surface area contributed by atoms with E-state index in [0.717, 1.165) is 5.56 Å². The van der Waals surface area contributed by atoms with Crippen LogP contribution in [0.3, 0.4) is 0 Å². The number of hydrogen-bond acceptors (Lipinski definition) is 4. The minimum Gasteiger partial charge on any atom is -0.270 e. The Kier molecular flexibility index (Phi) is 2.93. The van der Waals surface area contributed by atoms with Gasteiger partial charge in [-0.2, -0.15) is 5.10 Å². The van der Waals surface area contributed by atoms with Gasteiger partial charge in [0, 0.05) is 0 Å². The maximum atomic E-state index is 13.3. The van der Waals surface area contributed by atoms with Crippen molar-refractivity contribution >= 4 is 0 Å². The van der Waals surface area contributed by atoms with Crippen LogP contribution >= 0.6 is 0 Å². The molecule has 0 saturated carbocycles. The molecule has 0 fully saturated rings. The molecule has 2 aromatic rings. The normalized spacial score (nSPS) is 12.7. The minimum atomic E-state index is -0.392. The third-order valence-electron chi connectivity index (χ3n) is 2.27. The predicted octanol–water partition coefficient (Wildman–Crippen LogP) is 0.805. The summed E-state index contributed by atoms with van der Waals surface area (Å²) in [7, 11) is 0. The van der Waals surface area contributed by atoms with Crippen LogP contribution in [0, 0.1) is 12.7 Å². The van der Waals surface area contributed by atoms with Crippen molar-refractivity contribution in [3.8, 4) is 0 Å². The Hall–Kier alpha value is -1.79. The first-order valence-electron chi connectivity index (χ1n) is 4.79. The molecular formula is C10H12FN5. The molecule has 0 aliphatic rings.